The van der Waals surface area contributed by atoms with Crippen LogP contribution in [0, 0.1) is 11.8 Å². The summed E-state index contributed by atoms with van der Waals surface area (Å²) in [6.45, 7) is 0. The third-order valence-electron chi connectivity index (χ3n) is 1.86. The molecule has 0 aromatic carbocycles. The lowest BCUT2D eigenvalue weighted by Gasteiger charge is -2.30. The summed E-state index contributed by atoms with van der Waals surface area (Å²) >= 11 is 10.3. The Hall–Kier alpha value is -0.0800. The molecule has 0 heterocycles. The average Bonchev–Trinajstić information content (AvgIpc) is 1.56. The zero-order chi connectivity index (χ0) is 7.72. The SMILES string of the molecule is O=C(Cl)[C@H]1CC[C@@H]1C(=O)Cl. The number of carbonyl (C=O) groups is 2. The predicted octanol–water partition coefficient (Wildman–Crippen LogP) is 1.54. The molecule has 1 aliphatic rings. The molecule has 1 fully saturated rings. The van der Waals surface area contributed by atoms with Crippen LogP contribution in [-0.4, -0.2) is 10.5 Å². The molecule has 56 valence electrons. The van der Waals surface area contributed by atoms with Crippen molar-refractivity contribution in [1.82, 2.24) is 0 Å². The fourth-order valence-corrected chi connectivity index (χ4v) is 1.57. The molecule has 0 N–H and O–H groups in total. The van der Waals surface area contributed by atoms with E-state index in [1.807, 2.05) is 0 Å². The lowest BCUT2D eigenvalue weighted by molar-refractivity contribution is -0.128. The molecular formula is C6H6Cl2O2. The van der Waals surface area contributed by atoms with Gasteiger partial charge in [-0.15, -0.1) is 0 Å². The molecule has 1 saturated carbocycles. The molecule has 0 unspecified atom stereocenters. The zero-order valence-corrected chi connectivity index (χ0v) is 6.65. The molecule has 0 saturated heterocycles. The molecule has 10 heavy (non-hydrogen) atoms. The Morgan fingerprint density at radius 3 is 1.40 bits per heavy atom. The third kappa shape index (κ3) is 1.32. The average molecular weight is 181 g/mol. The van der Waals surface area contributed by atoms with Crippen molar-refractivity contribution in [2.75, 3.05) is 0 Å². The van der Waals surface area contributed by atoms with E-state index >= 15 is 0 Å². The van der Waals surface area contributed by atoms with Gasteiger partial charge in [0.05, 0.1) is 0 Å². The van der Waals surface area contributed by atoms with Crippen LogP contribution >= 0.6 is 23.2 Å². The van der Waals surface area contributed by atoms with E-state index in [1.165, 1.54) is 0 Å². The van der Waals surface area contributed by atoms with Crippen molar-refractivity contribution >= 4 is 33.7 Å². The number of rotatable bonds is 2. The molecule has 0 aromatic heterocycles. The molecule has 0 amide bonds. The van der Waals surface area contributed by atoms with Gasteiger partial charge in [-0.1, -0.05) is 0 Å². The van der Waals surface area contributed by atoms with Crippen molar-refractivity contribution < 1.29 is 9.59 Å². The minimum atomic E-state index is -0.440. The minimum absolute atomic E-state index is 0.313. The molecule has 1 aliphatic carbocycles. The number of halogens is 2. The maximum absolute atomic E-state index is 10.5. The van der Waals surface area contributed by atoms with Gasteiger partial charge in [0.1, 0.15) is 0 Å². The Balaban J connectivity index is 2.51. The topological polar surface area (TPSA) is 34.1 Å². The van der Waals surface area contributed by atoms with Crippen molar-refractivity contribution in [2.24, 2.45) is 11.8 Å². The molecular weight excluding hydrogens is 175 g/mol. The smallest absolute Gasteiger partial charge is 0.225 e. The van der Waals surface area contributed by atoms with Gasteiger partial charge in [0.15, 0.2) is 0 Å². The largest absolute Gasteiger partial charge is 0.281 e. The molecule has 2 nitrogen and oxygen atoms in total. The highest BCUT2D eigenvalue weighted by Gasteiger charge is 2.39. The molecule has 1 rings (SSSR count). The standard InChI is InChI=1S/C6H6Cl2O2/c7-5(9)3-1-2-4(3)6(8)10/h3-4H,1-2H2/t3-,4-/m0/s1. The van der Waals surface area contributed by atoms with Gasteiger partial charge in [-0.25, -0.2) is 0 Å². The van der Waals surface area contributed by atoms with Crippen LogP contribution in [-0.2, 0) is 9.59 Å². The lowest BCUT2D eigenvalue weighted by atomic mass is 9.75. The van der Waals surface area contributed by atoms with Gasteiger partial charge >= 0.3 is 0 Å². The monoisotopic (exact) mass is 180 g/mol. The van der Waals surface area contributed by atoms with Crippen molar-refractivity contribution in [3.05, 3.63) is 0 Å². The van der Waals surface area contributed by atoms with Gasteiger partial charge in [-0.3, -0.25) is 9.59 Å². The van der Waals surface area contributed by atoms with Crippen LogP contribution in [0.15, 0.2) is 0 Å². The van der Waals surface area contributed by atoms with E-state index in [-0.39, 0.29) is 11.8 Å². The van der Waals surface area contributed by atoms with Crippen LogP contribution in [0.4, 0.5) is 0 Å². The van der Waals surface area contributed by atoms with Crippen LogP contribution in [0.3, 0.4) is 0 Å². The van der Waals surface area contributed by atoms with E-state index in [1.54, 1.807) is 0 Å². The summed E-state index contributed by atoms with van der Waals surface area (Å²) in [5.41, 5.74) is 0. The summed E-state index contributed by atoms with van der Waals surface area (Å²) in [5, 5.41) is -0.879. The van der Waals surface area contributed by atoms with E-state index in [9.17, 15) is 9.59 Å². The van der Waals surface area contributed by atoms with Gasteiger partial charge in [0, 0.05) is 11.8 Å². The summed E-state index contributed by atoms with van der Waals surface area (Å²) < 4.78 is 0. The van der Waals surface area contributed by atoms with Crippen LogP contribution < -0.4 is 0 Å². The van der Waals surface area contributed by atoms with Crippen molar-refractivity contribution in [3.63, 3.8) is 0 Å². The van der Waals surface area contributed by atoms with E-state index in [4.69, 9.17) is 23.2 Å². The summed E-state index contributed by atoms with van der Waals surface area (Å²) in [4.78, 5) is 21.0. The van der Waals surface area contributed by atoms with Crippen LogP contribution in [0.25, 0.3) is 0 Å². The Labute approximate surface area is 68.5 Å². The molecule has 0 bridgehead atoms. The first-order valence-corrected chi connectivity index (χ1v) is 3.77. The maximum atomic E-state index is 10.5. The Morgan fingerprint density at radius 1 is 1.00 bits per heavy atom. The molecule has 0 spiro atoms. The first-order valence-electron chi connectivity index (χ1n) is 3.01. The van der Waals surface area contributed by atoms with E-state index < -0.39 is 10.5 Å². The van der Waals surface area contributed by atoms with Gasteiger partial charge in [0.2, 0.25) is 10.5 Å². The summed E-state index contributed by atoms with van der Waals surface area (Å²) in [6.07, 6.45) is 1.40. The molecule has 4 heteroatoms. The van der Waals surface area contributed by atoms with E-state index in [0.29, 0.717) is 12.8 Å². The normalized spacial score (nSPS) is 31.0. The van der Waals surface area contributed by atoms with Crippen LogP contribution in [0.1, 0.15) is 12.8 Å². The Bertz CT molecular complexity index is 159. The van der Waals surface area contributed by atoms with E-state index in [2.05, 4.69) is 0 Å². The second-order valence-corrected chi connectivity index (χ2v) is 3.14. The Morgan fingerprint density at radius 2 is 1.30 bits per heavy atom. The van der Waals surface area contributed by atoms with Crippen molar-refractivity contribution in [3.8, 4) is 0 Å². The zero-order valence-electron chi connectivity index (χ0n) is 5.14. The van der Waals surface area contributed by atoms with Gasteiger partial charge in [0.25, 0.3) is 0 Å². The summed E-state index contributed by atoms with van der Waals surface area (Å²) in [7, 11) is 0. The molecule has 2 atom stereocenters. The molecule has 0 aliphatic heterocycles. The summed E-state index contributed by atoms with van der Waals surface area (Å²) in [6, 6.07) is 0. The van der Waals surface area contributed by atoms with E-state index in [0.717, 1.165) is 0 Å². The fourth-order valence-electron chi connectivity index (χ4n) is 1.04. The highest BCUT2D eigenvalue weighted by atomic mass is 35.5. The quantitative estimate of drug-likeness (QED) is 0.605. The highest BCUT2D eigenvalue weighted by molar-refractivity contribution is 6.67. The maximum Gasteiger partial charge on any atom is 0.225 e. The van der Waals surface area contributed by atoms with Crippen molar-refractivity contribution in [1.29, 1.82) is 0 Å². The van der Waals surface area contributed by atoms with Crippen molar-refractivity contribution in [2.45, 2.75) is 12.8 Å². The number of carbonyl (C=O) groups excluding carboxylic acids is 2. The minimum Gasteiger partial charge on any atom is -0.281 e. The molecule has 0 aromatic rings. The van der Waals surface area contributed by atoms with Crippen LogP contribution in [0.2, 0.25) is 0 Å². The van der Waals surface area contributed by atoms with Gasteiger partial charge in [-0.2, -0.15) is 0 Å². The number of hydrogen-bond donors (Lipinski definition) is 0. The lowest BCUT2D eigenvalue weighted by Crippen LogP contribution is -2.34. The van der Waals surface area contributed by atoms with Gasteiger partial charge < -0.3 is 0 Å². The first-order chi connectivity index (χ1) is 4.63. The number of hydrogen-bond acceptors (Lipinski definition) is 2. The first kappa shape index (κ1) is 8.02. The highest BCUT2D eigenvalue weighted by Crippen LogP contribution is 2.37. The predicted molar refractivity (Wildman–Crippen MR) is 37.9 cm³/mol. The fraction of sp³-hybridized carbons (Fsp3) is 0.667. The second-order valence-electron chi connectivity index (χ2n) is 2.40. The second kappa shape index (κ2) is 2.89. The summed E-state index contributed by atoms with van der Waals surface area (Å²) in [5.74, 6) is -0.627. The third-order valence-corrected chi connectivity index (χ3v) is 2.42. The molecule has 0 radical (unpaired) electrons. The van der Waals surface area contributed by atoms with Crippen LogP contribution in [0.5, 0.6) is 0 Å². The Kier molecular flexibility index (Phi) is 2.32. The van der Waals surface area contributed by atoms with Gasteiger partial charge in [-0.05, 0) is 36.0 Å².